The van der Waals surface area contributed by atoms with E-state index in [-0.39, 0.29) is 5.97 Å². The van der Waals surface area contributed by atoms with Gasteiger partial charge in [0.15, 0.2) is 0 Å². The van der Waals surface area contributed by atoms with Gasteiger partial charge in [0.25, 0.3) is 0 Å². The van der Waals surface area contributed by atoms with Gasteiger partial charge in [-0.2, -0.15) is 0 Å². The maximum Gasteiger partial charge on any atom is 0.306 e. The Labute approximate surface area is 188 Å². The highest BCUT2D eigenvalue weighted by Gasteiger charge is 2.12. The first kappa shape index (κ1) is 21.6. The Morgan fingerprint density at radius 3 is 2.44 bits per heavy atom. The van der Waals surface area contributed by atoms with Crippen LogP contribution in [0, 0.1) is 0 Å². The van der Waals surface area contributed by atoms with Gasteiger partial charge in [-0.3, -0.25) is 4.79 Å². The number of fused-ring (bicyclic) bond motifs is 1. The van der Waals surface area contributed by atoms with Crippen LogP contribution in [-0.2, 0) is 22.4 Å². The van der Waals surface area contributed by atoms with Crippen molar-refractivity contribution in [2.75, 3.05) is 13.2 Å². The highest BCUT2D eigenvalue weighted by Crippen LogP contribution is 2.32. The van der Waals surface area contributed by atoms with Crippen LogP contribution in [0.5, 0.6) is 5.88 Å². The van der Waals surface area contributed by atoms with Crippen molar-refractivity contribution in [3.63, 3.8) is 0 Å². The summed E-state index contributed by atoms with van der Waals surface area (Å²) in [7, 11) is 0. The summed E-state index contributed by atoms with van der Waals surface area (Å²) in [4.78, 5) is 16.4. The number of aryl methyl sites for hydroxylation is 1. The molecule has 3 aromatic carbocycles. The number of ether oxygens (including phenoxy) is 2. The van der Waals surface area contributed by atoms with E-state index in [0.717, 1.165) is 28.5 Å². The van der Waals surface area contributed by atoms with E-state index >= 15 is 0 Å². The molecule has 32 heavy (non-hydrogen) atoms. The lowest BCUT2D eigenvalue weighted by atomic mass is 10.00. The van der Waals surface area contributed by atoms with Gasteiger partial charge < -0.3 is 9.47 Å². The summed E-state index contributed by atoms with van der Waals surface area (Å²) in [5, 5.41) is 2.35. The van der Waals surface area contributed by atoms with Crippen LogP contribution in [0.2, 0.25) is 0 Å². The Morgan fingerprint density at radius 2 is 1.62 bits per heavy atom. The maximum absolute atomic E-state index is 11.8. The second-order valence-corrected chi connectivity index (χ2v) is 7.65. The minimum atomic E-state index is -0.192. The molecule has 0 N–H and O–H groups in total. The summed E-state index contributed by atoms with van der Waals surface area (Å²) in [6, 6.07) is 27.0. The SMILES string of the molecule is CCOC(=O)CCc1cnc(OCCc2ccccc2)c(-c2ccc3ccccc3c2)c1. The highest BCUT2D eigenvalue weighted by molar-refractivity contribution is 5.88. The summed E-state index contributed by atoms with van der Waals surface area (Å²) in [5.74, 6) is 0.416. The fourth-order valence-corrected chi connectivity index (χ4v) is 3.70. The molecule has 0 aliphatic rings. The molecular formula is C28H27NO3. The van der Waals surface area contributed by atoms with E-state index < -0.39 is 0 Å². The third-order valence-electron chi connectivity index (χ3n) is 5.36. The van der Waals surface area contributed by atoms with Crippen molar-refractivity contribution in [2.24, 2.45) is 0 Å². The zero-order valence-corrected chi connectivity index (χ0v) is 18.3. The number of pyridine rings is 1. The number of benzene rings is 3. The molecule has 0 radical (unpaired) electrons. The van der Waals surface area contributed by atoms with Crippen molar-refractivity contribution < 1.29 is 14.3 Å². The van der Waals surface area contributed by atoms with Gasteiger partial charge in [-0.25, -0.2) is 4.98 Å². The van der Waals surface area contributed by atoms with E-state index in [2.05, 4.69) is 53.5 Å². The van der Waals surface area contributed by atoms with Crippen molar-refractivity contribution in [1.82, 2.24) is 4.98 Å². The third-order valence-corrected chi connectivity index (χ3v) is 5.36. The fraction of sp³-hybridized carbons (Fsp3) is 0.214. The second kappa shape index (κ2) is 10.6. The molecule has 0 amide bonds. The van der Waals surface area contributed by atoms with E-state index in [1.807, 2.05) is 37.3 Å². The number of esters is 1. The molecule has 1 aromatic heterocycles. The van der Waals surface area contributed by atoms with E-state index in [9.17, 15) is 4.79 Å². The number of nitrogens with zero attached hydrogens (tertiary/aromatic N) is 1. The van der Waals surface area contributed by atoms with Gasteiger partial charge in [0.05, 0.1) is 13.2 Å². The Balaban J connectivity index is 1.59. The molecule has 0 saturated heterocycles. The molecule has 4 heteroatoms. The smallest absolute Gasteiger partial charge is 0.306 e. The van der Waals surface area contributed by atoms with Crippen LogP contribution in [0.4, 0.5) is 0 Å². The zero-order chi connectivity index (χ0) is 22.2. The molecule has 0 saturated carbocycles. The van der Waals surface area contributed by atoms with Crippen LogP contribution >= 0.6 is 0 Å². The van der Waals surface area contributed by atoms with Gasteiger partial charge in [0, 0.05) is 24.6 Å². The Hall–Kier alpha value is -3.66. The number of carbonyl (C=O) groups excluding carboxylic acids is 1. The molecule has 0 aliphatic carbocycles. The summed E-state index contributed by atoms with van der Waals surface area (Å²) >= 11 is 0. The van der Waals surface area contributed by atoms with E-state index in [1.54, 1.807) is 6.20 Å². The van der Waals surface area contributed by atoms with E-state index in [0.29, 0.717) is 31.9 Å². The second-order valence-electron chi connectivity index (χ2n) is 7.65. The molecule has 0 aliphatic heterocycles. The predicted molar refractivity (Wildman–Crippen MR) is 128 cm³/mol. The number of carbonyl (C=O) groups is 1. The van der Waals surface area contributed by atoms with Crippen molar-refractivity contribution in [3.8, 4) is 17.0 Å². The Kier molecular flexibility index (Phi) is 7.13. The lowest BCUT2D eigenvalue weighted by molar-refractivity contribution is -0.143. The number of hydrogen-bond acceptors (Lipinski definition) is 4. The van der Waals surface area contributed by atoms with Gasteiger partial charge in [-0.1, -0.05) is 66.7 Å². The molecule has 0 atom stereocenters. The molecule has 4 nitrogen and oxygen atoms in total. The van der Waals surface area contributed by atoms with Gasteiger partial charge in [0.2, 0.25) is 5.88 Å². The Morgan fingerprint density at radius 1 is 0.844 bits per heavy atom. The molecule has 1 heterocycles. The average Bonchev–Trinajstić information content (AvgIpc) is 2.84. The molecule has 0 spiro atoms. The summed E-state index contributed by atoms with van der Waals surface area (Å²) in [5.41, 5.74) is 4.19. The van der Waals surface area contributed by atoms with Crippen LogP contribution in [0.15, 0.2) is 85.1 Å². The van der Waals surface area contributed by atoms with Crippen molar-refractivity contribution in [1.29, 1.82) is 0 Å². The van der Waals surface area contributed by atoms with Crippen molar-refractivity contribution >= 4 is 16.7 Å². The largest absolute Gasteiger partial charge is 0.477 e. The van der Waals surface area contributed by atoms with Gasteiger partial charge in [-0.05, 0) is 52.9 Å². The molecule has 162 valence electrons. The van der Waals surface area contributed by atoms with Crippen LogP contribution in [0.3, 0.4) is 0 Å². The van der Waals surface area contributed by atoms with Crippen LogP contribution in [0.25, 0.3) is 21.9 Å². The van der Waals surface area contributed by atoms with Gasteiger partial charge in [0.1, 0.15) is 0 Å². The fourth-order valence-electron chi connectivity index (χ4n) is 3.70. The number of rotatable bonds is 9. The first-order chi connectivity index (χ1) is 15.7. The highest BCUT2D eigenvalue weighted by atomic mass is 16.5. The quantitative estimate of drug-likeness (QED) is 0.308. The van der Waals surface area contributed by atoms with Crippen molar-refractivity contribution in [3.05, 3.63) is 96.2 Å². The number of hydrogen-bond donors (Lipinski definition) is 0. The number of aromatic nitrogens is 1. The summed E-state index contributed by atoms with van der Waals surface area (Å²) < 4.78 is 11.2. The van der Waals surface area contributed by atoms with E-state index in [1.165, 1.54) is 10.9 Å². The minimum absolute atomic E-state index is 0.192. The first-order valence-electron chi connectivity index (χ1n) is 11.0. The van der Waals surface area contributed by atoms with Crippen molar-refractivity contribution in [2.45, 2.75) is 26.2 Å². The third kappa shape index (κ3) is 5.52. The summed E-state index contributed by atoms with van der Waals surface area (Å²) in [6.07, 6.45) is 3.52. The molecule has 4 rings (SSSR count). The van der Waals surface area contributed by atoms with Crippen LogP contribution in [0.1, 0.15) is 24.5 Å². The molecule has 4 aromatic rings. The monoisotopic (exact) mass is 425 g/mol. The van der Waals surface area contributed by atoms with Gasteiger partial charge in [-0.15, -0.1) is 0 Å². The minimum Gasteiger partial charge on any atom is -0.477 e. The molecule has 0 unspecified atom stereocenters. The normalized spacial score (nSPS) is 10.8. The van der Waals surface area contributed by atoms with Gasteiger partial charge >= 0.3 is 5.97 Å². The molecule has 0 bridgehead atoms. The lowest BCUT2D eigenvalue weighted by Gasteiger charge is -2.13. The average molecular weight is 426 g/mol. The van der Waals surface area contributed by atoms with E-state index in [4.69, 9.17) is 9.47 Å². The first-order valence-corrected chi connectivity index (χ1v) is 11.0. The maximum atomic E-state index is 11.8. The topological polar surface area (TPSA) is 48.4 Å². The van der Waals surface area contributed by atoms with Crippen LogP contribution < -0.4 is 4.74 Å². The molecular weight excluding hydrogens is 398 g/mol. The standard InChI is InChI=1S/C28H27NO3/c1-2-31-27(30)15-12-22-18-26(25-14-13-23-10-6-7-11-24(23)19-25)28(29-20-22)32-17-16-21-8-4-3-5-9-21/h3-11,13-14,18-20H,2,12,15-17H2,1H3. The predicted octanol–water partition coefficient (Wildman–Crippen LogP) is 6.02. The molecule has 0 fully saturated rings. The zero-order valence-electron chi connectivity index (χ0n) is 18.3. The Bertz CT molecular complexity index is 1190. The summed E-state index contributed by atoms with van der Waals surface area (Å²) in [6.45, 7) is 2.76. The van der Waals surface area contributed by atoms with Crippen LogP contribution in [-0.4, -0.2) is 24.2 Å². The lowest BCUT2D eigenvalue weighted by Crippen LogP contribution is -2.07.